The summed E-state index contributed by atoms with van der Waals surface area (Å²) < 4.78 is 44.2. The molecule has 0 radical (unpaired) electrons. The number of aromatic nitrogens is 3. The Morgan fingerprint density at radius 2 is 1.97 bits per heavy atom. The Morgan fingerprint density at radius 3 is 2.69 bits per heavy atom. The second-order valence-electron chi connectivity index (χ2n) is 9.20. The number of carbonyl (C=O) groups is 2. The summed E-state index contributed by atoms with van der Waals surface area (Å²) in [6.07, 6.45) is 0.0239. The average Bonchev–Trinajstić information content (AvgIpc) is 3.35. The molecule has 1 amide bonds. The van der Waals surface area contributed by atoms with E-state index in [2.05, 4.69) is 15.1 Å². The Labute approximate surface area is 223 Å². The monoisotopic (exact) mass is 542 g/mol. The van der Waals surface area contributed by atoms with Gasteiger partial charge in [-0.3, -0.25) is 14.6 Å². The van der Waals surface area contributed by atoms with Gasteiger partial charge in [0.1, 0.15) is 11.8 Å². The molecule has 0 bridgehead atoms. The fourth-order valence-electron chi connectivity index (χ4n) is 4.19. The molecular formula is C27H29F3N6O3. The Morgan fingerprint density at radius 1 is 1.21 bits per heavy atom. The van der Waals surface area contributed by atoms with Gasteiger partial charge in [0.15, 0.2) is 5.65 Å². The van der Waals surface area contributed by atoms with E-state index in [0.29, 0.717) is 54.3 Å². The predicted molar refractivity (Wildman–Crippen MR) is 140 cm³/mol. The van der Waals surface area contributed by atoms with Crippen LogP contribution in [0.15, 0.2) is 53.9 Å². The number of carbonyl (C=O) groups excluding carboxylic acids is 2. The number of fused-ring (bicyclic) bond motifs is 1. The van der Waals surface area contributed by atoms with E-state index < -0.39 is 30.8 Å². The fourth-order valence-corrected chi connectivity index (χ4v) is 4.19. The van der Waals surface area contributed by atoms with Gasteiger partial charge in [-0.2, -0.15) is 18.3 Å². The van der Waals surface area contributed by atoms with Crippen molar-refractivity contribution in [3.8, 4) is 11.3 Å². The minimum Gasteiger partial charge on any atom is -0.404 e. The van der Waals surface area contributed by atoms with E-state index in [4.69, 9.17) is 10.5 Å². The van der Waals surface area contributed by atoms with Gasteiger partial charge in [-0.05, 0) is 24.6 Å². The van der Waals surface area contributed by atoms with Crippen molar-refractivity contribution in [1.82, 2.24) is 19.5 Å². The van der Waals surface area contributed by atoms with Crippen LogP contribution in [-0.2, 0) is 20.7 Å². The number of hydrogen-bond acceptors (Lipinski definition) is 7. The van der Waals surface area contributed by atoms with Crippen LogP contribution < -0.4 is 5.73 Å². The largest absolute Gasteiger partial charge is 0.404 e. The van der Waals surface area contributed by atoms with Gasteiger partial charge in [-0.25, -0.2) is 9.50 Å². The highest BCUT2D eigenvalue weighted by atomic mass is 19.4. The van der Waals surface area contributed by atoms with Crippen LogP contribution in [0.5, 0.6) is 0 Å². The fraction of sp³-hybridized carbons (Fsp3) is 0.370. The van der Waals surface area contributed by atoms with E-state index in [9.17, 15) is 22.8 Å². The molecule has 1 saturated heterocycles. The summed E-state index contributed by atoms with van der Waals surface area (Å²) in [7, 11) is 0. The number of hydrogen-bond donors (Lipinski definition) is 1. The maximum absolute atomic E-state index is 12.6. The molecule has 1 atom stereocenters. The summed E-state index contributed by atoms with van der Waals surface area (Å²) in [6.45, 7) is 3.83. The molecule has 1 aromatic carbocycles. The number of nitrogens with zero attached hydrogens (tertiary/aromatic N) is 5. The second kappa shape index (κ2) is 12.2. The quantitative estimate of drug-likeness (QED) is 0.414. The van der Waals surface area contributed by atoms with Gasteiger partial charge >= 0.3 is 6.18 Å². The lowest BCUT2D eigenvalue weighted by Crippen LogP contribution is -2.44. The normalized spacial score (nSPS) is 15.7. The van der Waals surface area contributed by atoms with Crippen LogP contribution in [0, 0.1) is 0 Å². The summed E-state index contributed by atoms with van der Waals surface area (Å²) in [5.41, 5.74) is 9.56. The number of ether oxygens (including phenoxy) is 1. The molecule has 39 heavy (non-hydrogen) atoms. The Kier molecular flexibility index (Phi) is 8.75. The predicted octanol–water partition coefficient (Wildman–Crippen LogP) is 3.47. The lowest BCUT2D eigenvalue weighted by atomic mass is 10.0. The van der Waals surface area contributed by atoms with E-state index in [-0.39, 0.29) is 12.3 Å². The van der Waals surface area contributed by atoms with Crippen LogP contribution in [0.2, 0.25) is 0 Å². The molecular weight excluding hydrogens is 513 g/mol. The van der Waals surface area contributed by atoms with E-state index in [1.807, 2.05) is 6.07 Å². The van der Waals surface area contributed by atoms with E-state index in [1.165, 1.54) is 6.20 Å². The van der Waals surface area contributed by atoms with E-state index in [1.54, 1.807) is 59.2 Å². The molecule has 4 rings (SSSR count). The van der Waals surface area contributed by atoms with E-state index >= 15 is 0 Å². The van der Waals surface area contributed by atoms with Crippen molar-refractivity contribution in [3.05, 3.63) is 60.1 Å². The molecule has 0 saturated carbocycles. The van der Waals surface area contributed by atoms with Crippen LogP contribution >= 0.6 is 0 Å². The maximum Gasteiger partial charge on any atom is 0.389 e. The number of amides is 1. The highest BCUT2D eigenvalue weighted by molar-refractivity contribution is 6.10. The smallest absolute Gasteiger partial charge is 0.389 e. The first-order valence-corrected chi connectivity index (χ1v) is 12.5. The van der Waals surface area contributed by atoms with Crippen LogP contribution in [0.3, 0.4) is 0 Å². The van der Waals surface area contributed by atoms with Crippen molar-refractivity contribution in [2.45, 2.75) is 38.4 Å². The summed E-state index contributed by atoms with van der Waals surface area (Å²) in [6, 6.07) is 8.19. The van der Waals surface area contributed by atoms with Crippen LogP contribution in [-0.4, -0.2) is 75.9 Å². The molecule has 12 heteroatoms. The Balaban J connectivity index is 1.48. The van der Waals surface area contributed by atoms with Gasteiger partial charge in [0.25, 0.3) is 0 Å². The topological polar surface area (TPSA) is 115 Å². The number of Topliss-reactive ketones (excluding diaryl/α,β-unsaturated/α-hetero) is 1. The van der Waals surface area contributed by atoms with Crippen LogP contribution in [0.25, 0.3) is 22.5 Å². The average molecular weight is 543 g/mol. The first kappa shape index (κ1) is 28.0. The molecule has 1 aliphatic rings. The Hall–Kier alpha value is -4.06. The van der Waals surface area contributed by atoms with Crippen molar-refractivity contribution in [3.63, 3.8) is 0 Å². The van der Waals surface area contributed by atoms with Crippen molar-refractivity contribution in [2.24, 2.45) is 10.7 Å². The highest BCUT2D eigenvalue weighted by Gasteiger charge is 2.28. The van der Waals surface area contributed by atoms with Crippen molar-refractivity contribution in [2.75, 3.05) is 26.3 Å². The number of morpholine rings is 1. The van der Waals surface area contributed by atoms with Crippen molar-refractivity contribution in [1.29, 1.82) is 0 Å². The number of alkyl halides is 3. The van der Waals surface area contributed by atoms with Gasteiger partial charge in [0, 0.05) is 55.0 Å². The maximum atomic E-state index is 12.6. The second-order valence-corrected chi connectivity index (χ2v) is 9.20. The molecule has 1 unspecified atom stereocenters. The number of benzene rings is 1. The summed E-state index contributed by atoms with van der Waals surface area (Å²) in [5.74, 6) is -0.559. The van der Waals surface area contributed by atoms with Gasteiger partial charge in [-0.1, -0.05) is 18.2 Å². The van der Waals surface area contributed by atoms with Crippen molar-refractivity contribution < 1.29 is 27.5 Å². The highest BCUT2D eigenvalue weighted by Crippen LogP contribution is 2.25. The van der Waals surface area contributed by atoms with Gasteiger partial charge in [0.05, 0.1) is 37.7 Å². The number of allylic oxidation sites excluding steroid dienone is 1. The zero-order valence-electron chi connectivity index (χ0n) is 21.4. The van der Waals surface area contributed by atoms with Gasteiger partial charge in [-0.15, -0.1) is 0 Å². The third kappa shape index (κ3) is 7.29. The number of rotatable bonds is 9. The number of nitrogens with two attached hydrogens (primary N) is 1. The molecule has 3 aromatic rings. The molecule has 1 fully saturated rings. The molecule has 2 N–H and O–H groups in total. The standard InChI is InChI=1S/C27H29F3N6O3/c1-18(26(38)35-7-9-39-10-8-35)32-15-22(14-31)21-13-25-33-17-24(36(25)34-16-21)20-4-2-3-19(11-20)12-23(37)5-6-27(28,29)30/h2-4,11,13-18H,5-10,12,31H2,1H3. The number of ketones is 1. The minimum atomic E-state index is -4.36. The molecule has 0 spiro atoms. The number of aliphatic imine (C=N–C) groups is 1. The zero-order valence-corrected chi connectivity index (χ0v) is 21.4. The van der Waals surface area contributed by atoms with Crippen molar-refractivity contribution >= 4 is 29.1 Å². The number of halogens is 3. The minimum absolute atomic E-state index is 0.0818. The van der Waals surface area contributed by atoms with Crippen LogP contribution in [0.1, 0.15) is 30.9 Å². The molecule has 3 heterocycles. The summed E-state index contributed by atoms with van der Waals surface area (Å²) in [5, 5.41) is 4.48. The lowest BCUT2D eigenvalue weighted by molar-refractivity contribution is -0.143. The summed E-state index contributed by atoms with van der Waals surface area (Å²) in [4.78, 5) is 35.2. The molecule has 206 valence electrons. The molecule has 1 aliphatic heterocycles. The SMILES string of the molecule is CC(N=CC(=CN)c1cnn2c(-c3cccc(CC(=O)CCC(F)(F)F)c3)cnc2c1)C(=O)N1CCOCC1. The van der Waals surface area contributed by atoms with Gasteiger partial charge < -0.3 is 15.4 Å². The summed E-state index contributed by atoms with van der Waals surface area (Å²) >= 11 is 0. The van der Waals surface area contributed by atoms with Crippen LogP contribution in [0.4, 0.5) is 13.2 Å². The van der Waals surface area contributed by atoms with E-state index in [0.717, 1.165) is 5.56 Å². The lowest BCUT2D eigenvalue weighted by Gasteiger charge is -2.28. The number of imidazole rings is 1. The third-order valence-electron chi connectivity index (χ3n) is 6.30. The zero-order chi connectivity index (χ0) is 28.0. The third-order valence-corrected chi connectivity index (χ3v) is 6.30. The molecule has 9 nitrogen and oxygen atoms in total. The first-order valence-electron chi connectivity index (χ1n) is 12.5. The molecule has 2 aromatic heterocycles. The Bertz CT molecular complexity index is 1390. The first-order chi connectivity index (χ1) is 18.6. The molecule has 0 aliphatic carbocycles. The van der Waals surface area contributed by atoms with Gasteiger partial charge in [0.2, 0.25) is 5.91 Å².